The number of piperazine rings is 1. The molecule has 1 aliphatic heterocycles. The number of fused-ring (bicyclic) bond motifs is 1. The van der Waals surface area contributed by atoms with E-state index in [0.29, 0.717) is 5.69 Å². The van der Waals surface area contributed by atoms with Crippen LogP contribution in [-0.2, 0) is 0 Å². The number of hydrogen-bond acceptors (Lipinski definition) is 5. The Kier molecular flexibility index (Phi) is 6.32. The largest absolute Gasteiger partial charge is 0.367 e. The highest BCUT2D eigenvalue weighted by molar-refractivity contribution is 6.33. The number of amides is 1. The van der Waals surface area contributed by atoms with Crippen molar-refractivity contribution >= 4 is 39.8 Å². The molecule has 7 heteroatoms. The third-order valence-corrected chi connectivity index (χ3v) is 6.62. The molecule has 1 saturated heterocycles. The number of nitrogens with one attached hydrogen (secondary N) is 1. The number of benzene rings is 3. The van der Waals surface area contributed by atoms with E-state index in [1.54, 1.807) is 0 Å². The summed E-state index contributed by atoms with van der Waals surface area (Å²) in [5, 5.41) is 14.5. The van der Waals surface area contributed by atoms with E-state index in [9.17, 15) is 4.79 Å². The first-order valence-electron chi connectivity index (χ1n) is 11.5. The standard InChI is InChI=1S/C27H26ClN5O/c1-19(20-9-3-2-4-10-20)29-27(34)25-21-11-5-6-12-22(21)26(31-30-25)33-17-15-32(16-18-33)24-14-8-7-13-23(24)28/h2-14,19H,15-18H2,1H3,(H,29,34)/t19-/m0/s1. The molecule has 0 bridgehead atoms. The van der Waals surface area contributed by atoms with Crippen molar-refractivity contribution in [3.05, 3.63) is 95.1 Å². The van der Waals surface area contributed by atoms with Gasteiger partial charge in [0.2, 0.25) is 0 Å². The van der Waals surface area contributed by atoms with Gasteiger partial charge in [-0.05, 0) is 24.6 Å². The SMILES string of the molecule is C[C@H](NC(=O)c1nnc(N2CCN(c3ccccc3Cl)CC2)c2ccccc12)c1ccccc1. The number of nitrogens with zero attached hydrogens (tertiary/aromatic N) is 4. The second-order valence-electron chi connectivity index (χ2n) is 8.45. The summed E-state index contributed by atoms with van der Waals surface area (Å²) in [4.78, 5) is 17.6. The fourth-order valence-corrected chi connectivity index (χ4v) is 4.70. The zero-order valence-electron chi connectivity index (χ0n) is 19.0. The third-order valence-electron chi connectivity index (χ3n) is 6.30. The highest BCUT2D eigenvalue weighted by Gasteiger charge is 2.24. The Balaban J connectivity index is 1.37. The van der Waals surface area contributed by atoms with Gasteiger partial charge in [0.25, 0.3) is 5.91 Å². The number of carbonyl (C=O) groups excluding carboxylic acids is 1. The van der Waals surface area contributed by atoms with E-state index in [2.05, 4.69) is 31.4 Å². The maximum atomic E-state index is 13.1. The molecule has 4 aromatic rings. The van der Waals surface area contributed by atoms with Crippen LogP contribution in [0.25, 0.3) is 10.8 Å². The second kappa shape index (κ2) is 9.69. The number of halogens is 1. The highest BCUT2D eigenvalue weighted by Crippen LogP contribution is 2.30. The monoisotopic (exact) mass is 471 g/mol. The first-order chi connectivity index (χ1) is 16.6. The summed E-state index contributed by atoms with van der Waals surface area (Å²) in [7, 11) is 0. The maximum absolute atomic E-state index is 13.1. The number of para-hydroxylation sites is 1. The minimum Gasteiger partial charge on any atom is -0.367 e. The van der Waals surface area contributed by atoms with Crippen molar-refractivity contribution in [3.63, 3.8) is 0 Å². The smallest absolute Gasteiger partial charge is 0.272 e. The van der Waals surface area contributed by atoms with E-state index >= 15 is 0 Å². The molecule has 3 aromatic carbocycles. The van der Waals surface area contributed by atoms with E-state index in [-0.39, 0.29) is 11.9 Å². The van der Waals surface area contributed by atoms with Gasteiger partial charge in [-0.15, -0.1) is 10.2 Å². The maximum Gasteiger partial charge on any atom is 0.272 e. The average Bonchev–Trinajstić information content (AvgIpc) is 2.89. The van der Waals surface area contributed by atoms with Crippen molar-refractivity contribution in [1.82, 2.24) is 15.5 Å². The van der Waals surface area contributed by atoms with Gasteiger partial charge in [-0.25, -0.2) is 0 Å². The van der Waals surface area contributed by atoms with Gasteiger partial charge in [0.1, 0.15) is 0 Å². The minimum atomic E-state index is -0.227. The summed E-state index contributed by atoms with van der Waals surface area (Å²) >= 11 is 6.40. The van der Waals surface area contributed by atoms with Crippen LogP contribution in [0.2, 0.25) is 5.02 Å². The van der Waals surface area contributed by atoms with E-state index in [1.165, 1.54) is 0 Å². The quantitative estimate of drug-likeness (QED) is 0.438. The normalized spacial score (nSPS) is 14.8. The van der Waals surface area contributed by atoms with Crippen LogP contribution in [0.5, 0.6) is 0 Å². The average molecular weight is 472 g/mol. The Hall–Kier alpha value is -3.64. The molecule has 5 rings (SSSR count). The van der Waals surface area contributed by atoms with Crippen LogP contribution in [0.1, 0.15) is 29.0 Å². The van der Waals surface area contributed by atoms with Crippen molar-refractivity contribution < 1.29 is 4.79 Å². The van der Waals surface area contributed by atoms with E-state index in [1.807, 2.05) is 79.7 Å². The van der Waals surface area contributed by atoms with Crippen LogP contribution in [0.4, 0.5) is 11.5 Å². The summed E-state index contributed by atoms with van der Waals surface area (Å²) in [6.07, 6.45) is 0. The molecule has 1 aromatic heterocycles. The molecular weight excluding hydrogens is 446 g/mol. The summed E-state index contributed by atoms with van der Waals surface area (Å²) in [5.41, 5.74) is 2.44. The van der Waals surface area contributed by atoms with Gasteiger partial charge in [-0.1, -0.05) is 78.3 Å². The first-order valence-corrected chi connectivity index (χ1v) is 11.9. The van der Waals surface area contributed by atoms with Crippen LogP contribution in [0, 0.1) is 0 Å². The highest BCUT2D eigenvalue weighted by atomic mass is 35.5. The Morgan fingerprint density at radius 1 is 0.824 bits per heavy atom. The summed E-state index contributed by atoms with van der Waals surface area (Å²) < 4.78 is 0. The van der Waals surface area contributed by atoms with E-state index in [0.717, 1.165) is 59.0 Å². The molecule has 6 nitrogen and oxygen atoms in total. The van der Waals surface area contributed by atoms with Crippen LogP contribution in [0.3, 0.4) is 0 Å². The number of aromatic nitrogens is 2. The molecule has 1 fully saturated rings. The fourth-order valence-electron chi connectivity index (χ4n) is 4.45. The zero-order valence-corrected chi connectivity index (χ0v) is 19.7. The van der Waals surface area contributed by atoms with Gasteiger partial charge < -0.3 is 15.1 Å². The molecule has 1 atom stereocenters. The minimum absolute atomic E-state index is 0.133. The number of rotatable bonds is 5. The molecule has 0 unspecified atom stereocenters. The van der Waals surface area contributed by atoms with Crippen LogP contribution < -0.4 is 15.1 Å². The molecule has 1 amide bonds. The Morgan fingerprint density at radius 3 is 2.18 bits per heavy atom. The predicted octanol–water partition coefficient (Wildman–Crippen LogP) is 5.10. The lowest BCUT2D eigenvalue weighted by molar-refractivity contribution is 0.0935. The molecule has 0 aliphatic carbocycles. The molecule has 2 heterocycles. The van der Waals surface area contributed by atoms with Gasteiger partial charge in [0.15, 0.2) is 11.5 Å². The zero-order chi connectivity index (χ0) is 23.5. The van der Waals surface area contributed by atoms with Crippen molar-refractivity contribution in [3.8, 4) is 0 Å². The Bertz CT molecular complexity index is 1300. The van der Waals surface area contributed by atoms with Gasteiger partial charge in [-0.2, -0.15) is 0 Å². The van der Waals surface area contributed by atoms with Gasteiger partial charge >= 0.3 is 0 Å². The lowest BCUT2D eigenvalue weighted by Crippen LogP contribution is -2.47. The fraction of sp³-hybridized carbons (Fsp3) is 0.222. The van der Waals surface area contributed by atoms with Gasteiger partial charge in [0.05, 0.1) is 16.8 Å². The molecular formula is C27H26ClN5O. The second-order valence-corrected chi connectivity index (χ2v) is 8.86. The lowest BCUT2D eigenvalue weighted by Gasteiger charge is -2.37. The van der Waals surface area contributed by atoms with Crippen molar-refractivity contribution in [2.45, 2.75) is 13.0 Å². The molecule has 34 heavy (non-hydrogen) atoms. The predicted molar refractivity (Wildman–Crippen MR) is 138 cm³/mol. The van der Waals surface area contributed by atoms with Crippen LogP contribution >= 0.6 is 11.6 Å². The molecule has 0 spiro atoms. The summed E-state index contributed by atoms with van der Waals surface area (Å²) in [5.74, 6) is 0.581. The molecule has 1 N–H and O–H groups in total. The van der Waals surface area contributed by atoms with Crippen molar-refractivity contribution in [1.29, 1.82) is 0 Å². The topological polar surface area (TPSA) is 61.4 Å². The van der Waals surface area contributed by atoms with Gasteiger partial charge in [0, 0.05) is 37.0 Å². The lowest BCUT2D eigenvalue weighted by atomic mass is 10.1. The van der Waals surface area contributed by atoms with Crippen molar-refractivity contribution in [2.75, 3.05) is 36.0 Å². The van der Waals surface area contributed by atoms with Gasteiger partial charge in [-0.3, -0.25) is 4.79 Å². The Morgan fingerprint density at radius 2 is 1.44 bits per heavy atom. The van der Waals surface area contributed by atoms with Crippen LogP contribution in [-0.4, -0.2) is 42.3 Å². The number of carbonyl (C=O) groups is 1. The van der Waals surface area contributed by atoms with Crippen molar-refractivity contribution in [2.24, 2.45) is 0 Å². The Labute approximate surface area is 204 Å². The van der Waals surface area contributed by atoms with E-state index < -0.39 is 0 Å². The summed E-state index contributed by atoms with van der Waals surface area (Å²) in [6.45, 7) is 5.21. The molecule has 0 radical (unpaired) electrons. The molecule has 0 saturated carbocycles. The third kappa shape index (κ3) is 4.41. The summed E-state index contributed by atoms with van der Waals surface area (Å²) in [6, 6.07) is 25.5. The molecule has 172 valence electrons. The van der Waals surface area contributed by atoms with E-state index in [4.69, 9.17) is 11.6 Å². The molecule has 1 aliphatic rings. The first kappa shape index (κ1) is 22.2. The number of anilines is 2. The van der Waals surface area contributed by atoms with Crippen LogP contribution in [0.15, 0.2) is 78.9 Å². The number of hydrogen-bond donors (Lipinski definition) is 1.